The summed E-state index contributed by atoms with van der Waals surface area (Å²) in [5, 5.41) is 13.8. The molecular weight excluding hydrogens is 262 g/mol. The Morgan fingerprint density at radius 3 is 2.89 bits per heavy atom. The Labute approximate surface area is 117 Å². The zero-order chi connectivity index (χ0) is 14.0. The molecule has 2 unspecified atom stereocenters. The second kappa shape index (κ2) is 5.54. The first-order chi connectivity index (χ1) is 8.90. The van der Waals surface area contributed by atoms with E-state index in [1.165, 1.54) is 0 Å². The number of aliphatic carboxylic acids is 1. The van der Waals surface area contributed by atoms with Crippen LogP contribution in [0.25, 0.3) is 0 Å². The van der Waals surface area contributed by atoms with Crippen molar-refractivity contribution in [2.45, 2.75) is 55.1 Å². The van der Waals surface area contributed by atoms with Gasteiger partial charge in [-0.25, -0.2) is 4.98 Å². The summed E-state index contributed by atoms with van der Waals surface area (Å²) in [6, 6.07) is 0.381. The van der Waals surface area contributed by atoms with E-state index < -0.39 is 11.5 Å². The van der Waals surface area contributed by atoms with Crippen LogP contribution in [0.2, 0.25) is 0 Å². The predicted octanol–water partition coefficient (Wildman–Crippen LogP) is 1.89. The van der Waals surface area contributed by atoms with Gasteiger partial charge in [0.2, 0.25) is 0 Å². The fourth-order valence-corrected chi connectivity index (χ4v) is 3.27. The molecule has 6 heteroatoms. The molecule has 1 aromatic heterocycles. The zero-order valence-corrected chi connectivity index (χ0v) is 12.4. The average molecular weight is 283 g/mol. The first kappa shape index (κ1) is 14.4. The highest BCUT2D eigenvalue weighted by Gasteiger charge is 2.39. The monoisotopic (exact) mass is 283 g/mol. The van der Waals surface area contributed by atoms with Crippen LogP contribution in [0.4, 0.5) is 0 Å². The van der Waals surface area contributed by atoms with Gasteiger partial charge in [-0.15, -0.1) is 0 Å². The highest BCUT2D eigenvalue weighted by Crippen LogP contribution is 2.30. The number of carbonyl (C=O) groups is 1. The SMILES string of the molecule is CC(CC(C)(NC1CC1)C(=O)O)Sc1nccn1C. The maximum absolute atomic E-state index is 11.5. The first-order valence-corrected chi connectivity index (χ1v) is 7.44. The van der Waals surface area contributed by atoms with Crippen LogP contribution in [-0.4, -0.2) is 37.5 Å². The highest BCUT2D eigenvalue weighted by molar-refractivity contribution is 7.99. The minimum Gasteiger partial charge on any atom is -0.480 e. The second-order valence-electron chi connectivity index (χ2n) is 5.51. The highest BCUT2D eigenvalue weighted by atomic mass is 32.2. The number of hydrogen-bond donors (Lipinski definition) is 2. The summed E-state index contributed by atoms with van der Waals surface area (Å²) in [6.45, 7) is 3.83. The summed E-state index contributed by atoms with van der Waals surface area (Å²) in [5.41, 5.74) is -0.848. The number of carboxylic acid groups (broad SMARTS) is 1. The summed E-state index contributed by atoms with van der Waals surface area (Å²) < 4.78 is 1.95. The van der Waals surface area contributed by atoms with Crippen molar-refractivity contribution >= 4 is 17.7 Å². The van der Waals surface area contributed by atoms with Gasteiger partial charge >= 0.3 is 5.97 Å². The summed E-state index contributed by atoms with van der Waals surface area (Å²) in [7, 11) is 1.95. The van der Waals surface area contributed by atoms with E-state index >= 15 is 0 Å². The molecule has 19 heavy (non-hydrogen) atoms. The molecule has 0 aromatic carbocycles. The van der Waals surface area contributed by atoms with Crippen LogP contribution in [-0.2, 0) is 11.8 Å². The van der Waals surface area contributed by atoms with Crippen LogP contribution in [0.1, 0.15) is 33.1 Å². The van der Waals surface area contributed by atoms with Gasteiger partial charge in [0.25, 0.3) is 0 Å². The summed E-state index contributed by atoms with van der Waals surface area (Å²) in [4.78, 5) is 15.8. The van der Waals surface area contributed by atoms with E-state index in [-0.39, 0.29) is 5.25 Å². The van der Waals surface area contributed by atoms with Gasteiger partial charge in [-0.2, -0.15) is 0 Å². The second-order valence-corrected chi connectivity index (χ2v) is 6.91. The molecule has 0 radical (unpaired) electrons. The number of nitrogens with one attached hydrogen (secondary N) is 1. The molecule has 0 aliphatic heterocycles. The number of hydrogen-bond acceptors (Lipinski definition) is 4. The number of rotatable bonds is 7. The zero-order valence-electron chi connectivity index (χ0n) is 11.6. The lowest BCUT2D eigenvalue weighted by molar-refractivity contribution is -0.144. The molecule has 0 bridgehead atoms. The van der Waals surface area contributed by atoms with Crippen molar-refractivity contribution in [3.63, 3.8) is 0 Å². The largest absolute Gasteiger partial charge is 0.480 e. The molecule has 1 saturated carbocycles. The van der Waals surface area contributed by atoms with Gasteiger partial charge in [0, 0.05) is 30.7 Å². The Kier molecular flexibility index (Phi) is 4.20. The van der Waals surface area contributed by atoms with Crippen molar-refractivity contribution in [2.75, 3.05) is 0 Å². The number of thioether (sulfide) groups is 1. The van der Waals surface area contributed by atoms with Crippen LogP contribution in [0, 0.1) is 0 Å². The van der Waals surface area contributed by atoms with Crippen LogP contribution in [0.15, 0.2) is 17.6 Å². The molecule has 2 atom stereocenters. The van der Waals surface area contributed by atoms with Crippen LogP contribution in [0.3, 0.4) is 0 Å². The molecule has 2 rings (SSSR count). The Morgan fingerprint density at radius 1 is 1.74 bits per heavy atom. The minimum atomic E-state index is -0.848. The molecule has 1 aromatic rings. The maximum Gasteiger partial charge on any atom is 0.323 e. The summed E-state index contributed by atoms with van der Waals surface area (Å²) in [6.07, 6.45) is 6.41. The van der Waals surface area contributed by atoms with Crippen molar-refractivity contribution in [2.24, 2.45) is 7.05 Å². The van der Waals surface area contributed by atoms with Crippen LogP contribution in [0.5, 0.6) is 0 Å². The third-order valence-corrected chi connectivity index (χ3v) is 4.52. The third-order valence-electron chi connectivity index (χ3n) is 3.35. The molecule has 0 amide bonds. The molecule has 106 valence electrons. The van der Waals surface area contributed by atoms with Crippen molar-refractivity contribution in [3.8, 4) is 0 Å². The van der Waals surface area contributed by atoms with Crippen LogP contribution >= 0.6 is 11.8 Å². The van der Waals surface area contributed by atoms with Gasteiger partial charge in [-0.05, 0) is 26.2 Å². The van der Waals surface area contributed by atoms with Gasteiger partial charge in [-0.1, -0.05) is 18.7 Å². The van der Waals surface area contributed by atoms with E-state index in [0.29, 0.717) is 12.5 Å². The Bertz CT molecular complexity index is 458. The first-order valence-electron chi connectivity index (χ1n) is 6.56. The minimum absolute atomic E-state index is 0.188. The van der Waals surface area contributed by atoms with Crippen molar-refractivity contribution in [1.82, 2.24) is 14.9 Å². The van der Waals surface area contributed by atoms with Gasteiger partial charge in [0.1, 0.15) is 5.54 Å². The molecule has 1 heterocycles. The van der Waals surface area contributed by atoms with E-state index in [2.05, 4.69) is 17.2 Å². The van der Waals surface area contributed by atoms with Gasteiger partial charge < -0.3 is 9.67 Å². The molecule has 0 saturated heterocycles. The molecule has 1 aliphatic rings. The van der Waals surface area contributed by atoms with Crippen molar-refractivity contribution in [1.29, 1.82) is 0 Å². The van der Waals surface area contributed by atoms with E-state index in [1.54, 1.807) is 24.9 Å². The molecule has 1 fully saturated rings. The summed E-state index contributed by atoms with van der Waals surface area (Å²) >= 11 is 1.62. The topological polar surface area (TPSA) is 67.2 Å². The molecule has 5 nitrogen and oxygen atoms in total. The number of imidazole rings is 1. The van der Waals surface area contributed by atoms with Crippen LogP contribution < -0.4 is 5.32 Å². The van der Waals surface area contributed by atoms with Gasteiger partial charge in [0.05, 0.1) is 0 Å². The Balaban J connectivity index is 1.96. The average Bonchev–Trinajstić information content (AvgIpc) is 3.02. The number of nitrogens with zero attached hydrogens (tertiary/aromatic N) is 2. The lowest BCUT2D eigenvalue weighted by atomic mass is 9.96. The maximum atomic E-state index is 11.5. The molecule has 2 N–H and O–H groups in total. The fraction of sp³-hybridized carbons (Fsp3) is 0.692. The number of carboxylic acids is 1. The molecule has 0 spiro atoms. The van der Waals surface area contributed by atoms with E-state index in [4.69, 9.17) is 0 Å². The third kappa shape index (κ3) is 3.73. The number of aryl methyl sites for hydroxylation is 1. The smallest absolute Gasteiger partial charge is 0.323 e. The predicted molar refractivity (Wildman–Crippen MR) is 75.3 cm³/mol. The normalized spacial score (nSPS) is 19.9. The number of aromatic nitrogens is 2. The fourth-order valence-electron chi connectivity index (χ4n) is 2.15. The lowest BCUT2D eigenvalue weighted by Crippen LogP contribution is -2.52. The van der Waals surface area contributed by atoms with E-state index in [0.717, 1.165) is 18.0 Å². The summed E-state index contributed by atoms with van der Waals surface area (Å²) in [5.74, 6) is -0.772. The van der Waals surface area contributed by atoms with Gasteiger partial charge in [0.15, 0.2) is 5.16 Å². The quantitative estimate of drug-likeness (QED) is 0.748. The van der Waals surface area contributed by atoms with E-state index in [9.17, 15) is 9.90 Å². The van der Waals surface area contributed by atoms with Crippen molar-refractivity contribution in [3.05, 3.63) is 12.4 Å². The lowest BCUT2D eigenvalue weighted by Gasteiger charge is -2.29. The Hall–Kier alpha value is -1.01. The van der Waals surface area contributed by atoms with E-state index in [1.807, 2.05) is 17.8 Å². The Morgan fingerprint density at radius 2 is 2.42 bits per heavy atom. The van der Waals surface area contributed by atoms with Crippen molar-refractivity contribution < 1.29 is 9.90 Å². The standard InChI is InChI=1S/C13H21N3O2S/c1-9(19-12-14-6-7-16(12)3)8-13(2,11(17)18)15-10-4-5-10/h6-7,9-10,15H,4-5,8H2,1-3H3,(H,17,18). The molecular formula is C13H21N3O2S. The molecule has 1 aliphatic carbocycles. The van der Waals surface area contributed by atoms with Gasteiger partial charge in [-0.3, -0.25) is 10.1 Å².